The van der Waals surface area contributed by atoms with Gasteiger partial charge in [-0.3, -0.25) is 24.2 Å². The van der Waals surface area contributed by atoms with Crippen molar-refractivity contribution in [2.24, 2.45) is 0 Å². The Bertz CT molecular complexity index is 1630. The predicted octanol–water partition coefficient (Wildman–Crippen LogP) is 4.09. The van der Waals surface area contributed by atoms with Crippen LogP contribution in [0.5, 0.6) is 0 Å². The third kappa shape index (κ3) is 3.94. The van der Waals surface area contributed by atoms with Crippen LogP contribution < -0.4 is 0 Å². The molecule has 39 heavy (non-hydrogen) atoms. The molecule has 0 radical (unpaired) electrons. The minimum absolute atomic E-state index is 0.0156. The fraction of sp³-hybridized carbons (Fsp3) is 0.258. The predicted molar refractivity (Wildman–Crippen MR) is 144 cm³/mol. The molecule has 0 aliphatic carbocycles. The summed E-state index contributed by atoms with van der Waals surface area (Å²) in [5.74, 6) is -0.894. The van der Waals surface area contributed by atoms with Crippen molar-refractivity contribution < 1.29 is 18.8 Å². The summed E-state index contributed by atoms with van der Waals surface area (Å²) >= 11 is 0. The topological polar surface area (TPSA) is 76.7 Å². The van der Waals surface area contributed by atoms with Crippen LogP contribution in [-0.2, 0) is 24.2 Å². The lowest BCUT2D eigenvalue weighted by molar-refractivity contribution is -0.134. The molecule has 0 saturated heterocycles. The SMILES string of the molecule is O=C(CN1CCc2ccccc2C1CN1C(=O)c2ccccc2C1=O)N1CCc2[nH]c3ccc(F)cc3c2C1. The van der Waals surface area contributed by atoms with E-state index < -0.39 is 0 Å². The summed E-state index contributed by atoms with van der Waals surface area (Å²) < 4.78 is 14.0. The molecule has 3 amide bonds. The molecule has 4 aromatic rings. The summed E-state index contributed by atoms with van der Waals surface area (Å²) in [6, 6.07) is 19.4. The van der Waals surface area contributed by atoms with E-state index in [0.717, 1.165) is 34.1 Å². The van der Waals surface area contributed by atoms with Crippen molar-refractivity contribution in [1.29, 1.82) is 0 Å². The Hall–Kier alpha value is -4.30. The van der Waals surface area contributed by atoms with Gasteiger partial charge in [-0.25, -0.2) is 4.39 Å². The first kappa shape index (κ1) is 23.8. The summed E-state index contributed by atoms with van der Waals surface area (Å²) in [6.07, 6.45) is 1.46. The lowest BCUT2D eigenvalue weighted by Crippen LogP contribution is -2.49. The second-order valence-electron chi connectivity index (χ2n) is 10.5. The number of rotatable bonds is 4. The smallest absolute Gasteiger partial charge is 0.261 e. The van der Waals surface area contributed by atoms with E-state index in [1.54, 1.807) is 30.3 Å². The highest BCUT2D eigenvalue weighted by Gasteiger charge is 2.40. The number of fused-ring (bicyclic) bond motifs is 5. The van der Waals surface area contributed by atoms with Crippen molar-refractivity contribution >= 4 is 28.6 Å². The number of H-pyrrole nitrogens is 1. The Balaban J connectivity index is 1.14. The molecule has 7 rings (SSSR count). The molecular formula is C31H27FN4O3. The zero-order chi connectivity index (χ0) is 26.7. The molecule has 0 spiro atoms. The first-order chi connectivity index (χ1) is 19.0. The Labute approximate surface area is 224 Å². The molecule has 4 heterocycles. The highest BCUT2D eigenvalue weighted by Crippen LogP contribution is 2.34. The van der Waals surface area contributed by atoms with Gasteiger partial charge in [0.05, 0.1) is 23.7 Å². The Kier molecular flexibility index (Phi) is 5.59. The number of imide groups is 1. The maximum atomic E-state index is 14.0. The maximum Gasteiger partial charge on any atom is 0.261 e. The van der Waals surface area contributed by atoms with Gasteiger partial charge in [-0.2, -0.15) is 0 Å². The van der Waals surface area contributed by atoms with Gasteiger partial charge in [-0.05, 0) is 47.9 Å². The second kappa shape index (κ2) is 9.17. The number of nitrogens with zero attached hydrogens (tertiary/aromatic N) is 3. The molecule has 3 aliphatic heterocycles. The van der Waals surface area contributed by atoms with E-state index in [-0.39, 0.29) is 42.7 Å². The zero-order valence-corrected chi connectivity index (χ0v) is 21.3. The Morgan fingerprint density at radius 1 is 0.923 bits per heavy atom. The molecule has 8 heteroatoms. The third-order valence-electron chi connectivity index (χ3n) is 8.39. The summed E-state index contributed by atoms with van der Waals surface area (Å²) in [7, 11) is 0. The minimum atomic E-state index is -0.296. The number of hydrogen-bond donors (Lipinski definition) is 1. The Morgan fingerprint density at radius 2 is 1.67 bits per heavy atom. The van der Waals surface area contributed by atoms with Gasteiger partial charge in [-0.15, -0.1) is 0 Å². The van der Waals surface area contributed by atoms with Crippen molar-refractivity contribution in [3.05, 3.63) is 106 Å². The van der Waals surface area contributed by atoms with Crippen LogP contribution in [0.4, 0.5) is 4.39 Å². The second-order valence-corrected chi connectivity index (χ2v) is 10.5. The van der Waals surface area contributed by atoms with Crippen LogP contribution in [0.2, 0.25) is 0 Å². The molecule has 0 bridgehead atoms. The lowest BCUT2D eigenvalue weighted by Gasteiger charge is -2.39. The van der Waals surface area contributed by atoms with Gasteiger partial charge in [0.2, 0.25) is 5.91 Å². The van der Waals surface area contributed by atoms with Crippen molar-refractivity contribution in [1.82, 2.24) is 19.7 Å². The minimum Gasteiger partial charge on any atom is -0.358 e. The van der Waals surface area contributed by atoms with Crippen molar-refractivity contribution in [3.63, 3.8) is 0 Å². The average molecular weight is 523 g/mol. The molecule has 3 aliphatic rings. The molecule has 0 saturated carbocycles. The number of nitrogens with one attached hydrogen (secondary N) is 1. The van der Waals surface area contributed by atoms with Gasteiger partial charge in [0.1, 0.15) is 5.82 Å². The van der Waals surface area contributed by atoms with Crippen LogP contribution in [0.15, 0.2) is 66.7 Å². The van der Waals surface area contributed by atoms with E-state index in [1.807, 2.05) is 23.1 Å². The van der Waals surface area contributed by atoms with Crippen LogP contribution in [0.3, 0.4) is 0 Å². The monoisotopic (exact) mass is 522 g/mol. The Morgan fingerprint density at radius 3 is 2.46 bits per heavy atom. The van der Waals surface area contributed by atoms with Crippen LogP contribution in [0, 0.1) is 5.82 Å². The number of aromatic nitrogens is 1. The lowest BCUT2D eigenvalue weighted by atomic mass is 9.92. The van der Waals surface area contributed by atoms with Crippen LogP contribution in [0.1, 0.15) is 49.1 Å². The van der Waals surface area contributed by atoms with Crippen LogP contribution >= 0.6 is 0 Å². The van der Waals surface area contributed by atoms with Gasteiger partial charge < -0.3 is 9.88 Å². The number of halogens is 1. The van der Waals surface area contributed by atoms with E-state index in [0.29, 0.717) is 37.2 Å². The quantitative estimate of drug-likeness (QED) is 0.410. The highest BCUT2D eigenvalue weighted by molar-refractivity contribution is 6.21. The van der Waals surface area contributed by atoms with Crippen molar-refractivity contribution in [3.8, 4) is 0 Å². The zero-order valence-electron chi connectivity index (χ0n) is 21.3. The summed E-state index contributed by atoms with van der Waals surface area (Å²) in [5, 5.41) is 0.818. The first-order valence-corrected chi connectivity index (χ1v) is 13.3. The number of aromatic amines is 1. The maximum absolute atomic E-state index is 14.0. The standard InChI is InChI=1S/C31H27FN4O3/c32-20-9-10-26-24(15-20)25-16-35(14-12-27(25)33-26)29(37)18-34-13-11-19-5-1-2-6-21(19)28(34)17-36-30(38)22-7-3-4-8-23(22)31(36)39/h1-10,15,28,33H,11-14,16-18H2. The van der Waals surface area contributed by atoms with Gasteiger partial charge in [0, 0.05) is 54.8 Å². The number of benzene rings is 3. The van der Waals surface area contributed by atoms with Gasteiger partial charge in [0.25, 0.3) is 11.8 Å². The normalized spacial score (nSPS) is 18.8. The summed E-state index contributed by atoms with van der Waals surface area (Å²) in [5.41, 5.74) is 5.96. The van der Waals surface area contributed by atoms with Crippen LogP contribution in [-0.4, -0.2) is 63.6 Å². The molecule has 3 aromatic carbocycles. The number of carbonyl (C=O) groups excluding carboxylic acids is 3. The largest absolute Gasteiger partial charge is 0.358 e. The molecule has 7 nitrogen and oxygen atoms in total. The summed E-state index contributed by atoms with van der Waals surface area (Å²) in [4.78, 5) is 48.6. The molecule has 0 fully saturated rings. The molecular weight excluding hydrogens is 495 g/mol. The molecule has 1 atom stereocenters. The fourth-order valence-electron chi connectivity index (χ4n) is 6.36. The fourth-order valence-corrected chi connectivity index (χ4v) is 6.36. The number of carbonyl (C=O) groups is 3. The van der Waals surface area contributed by atoms with E-state index in [9.17, 15) is 18.8 Å². The van der Waals surface area contributed by atoms with Crippen molar-refractivity contribution in [2.45, 2.75) is 25.4 Å². The highest BCUT2D eigenvalue weighted by atomic mass is 19.1. The average Bonchev–Trinajstić information content (AvgIpc) is 3.43. The first-order valence-electron chi connectivity index (χ1n) is 13.3. The van der Waals surface area contributed by atoms with E-state index >= 15 is 0 Å². The van der Waals surface area contributed by atoms with E-state index in [2.05, 4.69) is 16.0 Å². The van der Waals surface area contributed by atoms with Gasteiger partial charge in [0.15, 0.2) is 0 Å². The van der Waals surface area contributed by atoms with Gasteiger partial charge >= 0.3 is 0 Å². The summed E-state index contributed by atoms with van der Waals surface area (Å²) in [6.45, 7) is 2.00. The molecule has 1 unspecified atom stereocenters. The number of hydrogen-bond acceptors (Lipinski definition) is 4. The molecule has 196 valence electrons. The molecule has 1 aromatic heterocycles. The number of amides is 3. The van der Waals surface area contributed by atoms with E-state index in [4.69, 9.17) is 0 Å². The van der Waals surface area contributed by atoms with Gasteiger partial charge in [-0.1, -0.05) is 36.4 Å². The van der Waals surface area contributed by atoms with Crippen molar-refractivity contribution in [2.75, 3.05) is 26.2 Å². The van der Waals surface area contributed by atoms with Crippen LogP contribution in [0.25, 0.3) is 10.9 Å². The third-order valence-corrected chi connectivity index (χ3v) is 8.39. The van der Waals surface area contributed by atoms with E-state index in [1.165, 1.54) is 22.6 Å². The molecule has 1 N–H and O–H groups in total.